The van der Waals surface area contributed by atoms with Crippen molar-refractivity contribution in [2.75, 3.05) is 13.7 Å². The Morgan fingerprint density at radius 1 is 1.07 bits per heavy atom. The van der Waals surface area contributed by atoms with Gasteiger partial charge in [-0.2, -0.15) is 9.50 Å². The number of methoxy groups -OCH3 is 1. The van der Waals surface area contributed by atoms with Gasteiger partial charge in [0, 0.05) is 5.56 Å². The number of ether oxygens (including phenoxy) is 2. The van der Waals surface area contributed by atoms with Crippen molar-refractivity contribution in [3.05, 3.63) is 69.0 Å². The molecule has 27 heavy (non-hydrogen) atoms. The number of hydrogen-bond acceptors (Lipinski definition) is 6. The van der Waals surface area contributed by atoms with Crippen molar-refractivity contribution >= 4 is 22.4 Å². The maximum atomic E-state index is 12.6. The van der Waals surface area contributed by atoms with E-state index in [1.54, 1.807) is 7.11 Å². The van der Waals surface area contributed by atoms with Crippen LogP contribution in [0.3, 0.4) is 0 Å². The third-order valence-corrected chi connectivity index (χ3v) is 4.98. The van der Waals surface area contributed by atoms with Crippen molar-refractivity contribution < 1.29 is 9.47 Å². The van der Waals surface area contributed by atoms with E-state index in [-0.39, 0.29) is 5.56 Å². The van der Waals surface area contributed by atoms with Crippen LogP contribution in [0, 0.1) is 0 Å². The highest BCUT2D eigenvalue weighted by Gasteiger charge is 2.12. The third kappa shape index (κ3) is 3.41. The van der Waals surface area contributed by atoms with Gasteiger partial charge < -0.3 is 9.47 Å². The minimum atomic E-state index is -0.171. The molecule has 0 aliphatic heterocycles. The fourth-order valence-electron chi connectivity index (χ4n) is 2.67. The lowest BCUT2D eigenvalue weighted by Gasteiger charge is -2.02. The summed E-state index contributed by atoms with van der Waals surface area (Å²) in [4.78, 5) is 17.7. The molecule has 0 spiro atoms. The largest absolute Gasteiger partial charge is 0.497 e. The van der Waals surface area contributed by atoms with E-state index in [4.69, 9.17) is 9.47 Å². The molecule has 0 aliphatic rings. The van der Waals surface area contributed by atoms with Crippen molar-refractivity contribution in [2.24, 2.45) is 0 Å². The van der Waals surface area contributed by atoms with E-state index < -0.39 is 0 Å². The molecule has 6 nitrogen and oxygen atoms in total. The summed E-state index contributed by atoms with van der Waals surface area (Å²) >= 11 is 1.32. The maximum Gasteiger partial charge on any atom is 0.291 e. The standard InChI is InChI=1S/C20H17N3O3S/c1-3-26-16-10-6-14(7-11-16)18-21-20-23(22-18)19(24)17(27-20)12-13-4-8-15(25-2)9-5-13/h4-12H,3H2,1-2H3/b17-12+. The van der Waals surface area contributed by atoms with Gasteiger partial charge in [0.25, 0.3) is 5.56 Å². The molecule has 2 heterocycles. The summed E-state index contributed by atoms with van der Waals surface area (Å²) < 4.78 is 12.5. The summed E-state index contributed by atoms with van der Waals surface area (Å²) in [6.07, 6.45) is 1.83. The second-order valence-corrected chi connectivity index (χ2v) is 6.79. The van der Waals surface area contributed by atoms with Crippen LogP contribution in [0.1, 0.15) is 12.5 Å². The highest BCUT2D eigenvalue weighted by molar-refractivity contribution is 7.15. The summed E-state index contributed by atoms with van der Waals surface area (Å²) in [5.41, 5.74) is 1.59. The fraction of sp³-hybridized carbons (Fsp3) is 0.150. The quantitative estimate of drug-likeness (QED) is 0.533. The predicted octanol–water partition coefficient (Wildman–Crippen LogP) is 2.77. The monoisotopic (exact) mass is 379 g/mol. The van der Waals surface area contributed by atoms with Crippen LogP contribution >= 0.6 is 11.3 Å². The van der Waals surface area contributed by atoms with Crippen molar-refractivity contribution in [1.29, 1.82) is 0 Å². The molecular weight excluding hydrogens is 362 g/mol. The Kier molecular flexibility index (Phi) is 4.60. The summed E-state index contributed by atoms with van der Waals surface area (Å²) in [7, 11) is 1.62. The first-order chi connectivity index (χ1) is 13.2. The van der Waals surface area contributed by atoms with Crippen molar-refractivity contribution in [1.82, 2.24) is 14.6 Å². The SMILES string of the molecule is CCOc1ccc(-c2nc3s/c(=C/c4ccc(OC)cc4)c(=O)n3n2)cc1. The van der Waals surface area contributed by atoms with Crippen LogP contribution in [0.5, 0.6) is 11.5 Å². The zero-order valence-corrected chi connectivity index (χ0v) is 15.7. The Bertz CT molecular complexity index is 1180. The molecule has 0 unspecified atom stereocenters. The van der Waals surface area contributed by atoms with E-state index in [1.807, 2.05) is 61.5 Å². The minimum Gasteiger partial charge on any atom is -0.497 e. The van der Waals surface area contributed by atoms with Gasteiger partial charge in [-0.3, -0.25) is 4.79 Å². The number of rotatable bonds is 5. The first kappa shape index (κ1) is 17.2. The molecule has 0 bridgehead atoms. The Morgan fingerprint density at radius 2 is 1.78 bits per heavy atom. The van der Waals surface area contributed by atoms with Gasteiger partial charge >= 0.3 is 0 Å². The van der Waals surface area contributed by atoms with Crippen LogP contribution in [-0.4, -0.2) is 28.3 Å². The lowest BCUT2D eigenvalue weighted by atomic mass is 10.2. The molecule has 0 N–H and O–H groups in total. The second-order valence-electron chi connectivity index (χ2n) is 5.78. The fourth-order valence-corrected chi connectivity index (χ4v) is 3.58. The summed E-state index contributed by atoms with van der Waals surface area (Å²) in [5, 5.41) is 4.37. The number of nitrogens with zero attached hydrogens (tertiary/aromatic N) is 3. The van der Waals surface area contributed by atoms with Gasteiger partial charge in [0.1, 0.15) is 11.5 Å². The number of aromatic nitrogens is 3. The number of thiazole rings is 1. The number of benzene rings is 2. The topological polar surface area (TPSA) is 65.7 Å². The predicted molar refractivity (Wildman–Crippen MR) is 106 cm³/mol. The van der Waals surface area contributed by atoms with E-state index in [1.165, 1.54) is 15.9 Å². The lowest BCUT2D eigenvalue weighted by molar-refractivity contribution is 0.340. The average molecular weight is 379 g/mol. The molecule has 7 heteroatoms. The van der Waals surface area contributed by atoms with Gasteiger partial charge in [0.05, 0.1) is 18.2 Å². The molecule has 0 aliphatic carbocycles. The molecule has 4 aromatic rings. The van der Waals surface area contributed by atoms with E-state index in [9.17, 15) is 4.79 Å². The molecule has 2 aromatic carbocycles. The minimum absolute atomic E-state index is 0.171. The molecule has 136 valence electrons. The van der Waals surface area contributed by atoms with E-state index in [2.05, 4.69) is 10.1 Å². The molecule has 0 amide bonds. The summed E-state index contributed by atoms with van der Waals surface area (Å²) in [6, 6.07) is 15.0. The molecular formula is C20H17N3O3S. The van der Waals surface area contributed by atoms with Crippen LogP contribution in [0.2, 0.25) is 0 Å². The highest BCUT2D eigenvalue weighted by Crippen LogP contribution is 2.20. The van der Waals surface area contributed by atoms with Gasteiger partial charge in [0.15, 0.2) is 5.82 Å². The van der Waals surface area contributed by atoms with E-state index >= 15 is 0 Å². The maximum absolute atomic E-state index is 12.6. The Hall–Kier alpha value is -3.19. The first-order valence-corrected chi connectivity index (χ1v) is 9.28. The van der Waals surface area contributed by atoms with Crippen LogP contribution in [0.4, 0.5) is 0 Å². The number of fused-ring (bicyclic) bond motifs is 1. The number of hydrogen-bond donors (Lipinski definition) is 0. The Balaban J connectivity index is 1.68. The van der Waals surface area contributed by atoms with Crippen molar-refractivity contribution in [2.45, 2.75) is 6.92 Å². The van der Waals surface area contributed by atoms with Crippen LogP contribution in [0.15, 0.2) is 53.3 Å². The summed E-state index contributed by atoms with van der Waals surface area (Å²) in [5.74, 6) is 2.10. The zero-order valence-electron chi connectivity index (χ0n) is 14.9. The molecule has 0 atom stereocenters. The molecule has 4 rings (SSSR count). The van der Waals surface area contributed by atoms with Crippen LogP contribution in [0.25, 0.3) is 22.4 Å². The van der Waals surface area contributed by atoms with Gasteiger partial charge in [-0.1, -0.05) is 23.5 Å². The Morgan fingerprint density at radius 3 is 2.41 bits per heavy atom. The summed E-state index contributed by atoms with van der Waals surface area (Å²) in [6.45, 7) is 2.56. The third-order valence-electron chi connectivity index (χ3n) is 4.02. The molecule has 0 radical (unpaired) electrons. The first-order valence-electron chi connectivity index (χ1n) is 8.46. The van der Waals surface area contributed by atoms with Gasteiger partial charge in [-0.25, -0.2) is 0 Å². The highest BCUT2D eigenvalue weighted by atomic mass is 32.1. The van der Waals surface area contributed by atoms with Crippen LogP contribution < -0.4 is 19.6 Å². The van der Waals surface area contributed by atoms with Gasteiger partial charge in [-0.15, -0.1) is 5.10 Å². The normalized spacial score (nSPS) is 11.9. The molecule has 0 saturated carbocycles. The zero-order chi connectivity index (χ0) is 18.8. The smallest absolute Gasteiger partial charge is 0.291 e. The van der Waals surface area contributed by atoms with E-state index in [0.717, 1.165) is 22.6 Å². The van der Waals surface area contributed by atoms with E-state index in [0.29, 0.717) is 21.9 Å². The molecule has 0 saturated heterocycles. The average Bonchev–Trinajstić information content (AvgIpc) is 3.23. The van der Waals surface area contributed by atoms with Gasteiger partial charge in [-0.05, 0) is 55.0 Å². The van der Waals surface area contributed by atoms with Crippen molar-refractivity contribution in [3.8, 4) is 22.9 Å². The Labute approximate surface area is 159 Å². The lowest BCUT2D eigenvalue weighted by Crippen LogP contribution is -2.23. The van der Waals surface area contributed by atoms with Crippen LogP contribution in [-0.2, 0) is 0 Å². The van der Waals surface area contributed by atoms with Crippen molar-refractivity contribution in [3.63, 3.8) is 0 Å². The molecule has 0 fully saturated rings. The molecule has 2 aromatic heterocycles. The second kappa shape index (κ2) is 7.20. The van der Waals surface area contributed by atoms with Gasteiger partial charge in [0.2, 0.25) is 4.96 Å².